The molecule has 3 rings (SSSR count). The van der Waals surface area contributed by atoms with Crippen LogP contribution in [0.25, 0.3) is 0 Å². The maximum Gasteiger partial charge on any atom is 0.573 e. The van der Waals surface area contributed by atoms with Crippen LogP contribution in [0.5, 0.6) is 23.0 Å². The van der Waals surface area contributed by atoms with Gasteiger partial charge in [-0.2, -0.15) is 0 Å². The lowest BCUT2D eigenvalue weighted by Gasteiger charge is -2.17. The molecule has 0 atom stereocenters. The Morgan fingerprint density at radius 3 is 1.79 bits per heavy atom. The molecule has 0 radical (unpaired) electrons. The molecule has 0 saturated carbocycles. The van der Waals surface area contributed by atoms with Gasteiger partial charge in [-0.05, 0) is 36.4 Å². The molecule has 0 heterocycles. The summed E-state index contributed by atoms with van der Waals surface area (Å²) in [6.07, 6.45) is -4.54. The van der Waals surface area contributed by atoms with Crippen molar-refractivity contribution in [2.45, 2.75) is 11.3 Å². The molecule has 0 saturated heterocycles. The Kier molecular flexibility index (Phi) is 7.96. The summed E-state index contributed by atoms with van der Waals surface area (Å²) in [5, 5.41) is 9.28. The van der Waals surface area contributed by atoms with Crippen molar-refractivity contribution in [3.8, 4) is 23.0 Å². The monoisotopic (exact) mass is 554 g/mol. The molecule has 10 nitrogen and oxygen atoms in total. The number of carboxylic acid groups (broad SMARTS) is 1. The molecular formula is C24H17F3O10S. The van der Waals surface area contributed by atoms with Gasteiger partial charge in [0.1, 0.15) is 11.1 Å². The number of rotatable bonds is 8. The molecule has 3 aromatic rings. The van der Waals surface area contributed by atoms with Gasteiger partial charge in [0.05, 0.1) is 17.6 Å². The predicted octanol–water partition coefficient (Wildman–Crippen LogP) is 4.13. The Morgan fingerprint density at radius 1 is 0.763 bits per heavy atom. The molecule has 0 aliphatic heterocycles. The van der Waals surface area contributed by atoms with E-state index < -0.39 is 72.9 Å². The fourth-order valence-corrected chi connectivity index (χ4v) is 4.10. The van der Waals surface area contributed by atoms with E-state index in [0.717, 1.165) is 55.8 Å². The zero-order chi connectivity index (χ0) is 28.3. The number of carbonyl (C=O) groups excluding carboxylic acids is 2. The van der Waals surface area contributed by atoms with Crippen LogP contribution in [0, 0.1) is 0 Å². The molecule has 0 spiro atoms. The van der Waals surface area contributed by atoms with E-state index in [2.05, 4.69) is 4.74 Å². The molecule has 0 aromatic heterocycles. The molecule has 0 bridgehead atoms. The van der Waals surface area contributed by atoms with Crippen LogP contribution in [0.1, 0.15) is 31.1 Å². The smallest absolute Gasteiger partial charge is 0.492 e. The summed E-state index contributed by atoms with van der Waals surface area (Å²) >= 11 is 0. The molecule has 200 valence electrons. The summed E-state index contributed by atoms with van der Waals surface area (Å²) in [6.45, 7) is 0. The fourth-order valence-electron chi connectivity index (χ4n) is 3.22. The zero-order valence-corrected chi connectivity index (χ0v) is 20.3. The molecule has 0 amide bonds. The fraction of sp³-hybridized carbons (Fsp3) is 0.125. The standard InChI is InChI=1S/C24H17F3O10S/c1-34-19-14(21(28)29)8-5-10-16(19)35-23(31)15-9-6-11-17(20(15)37-24(25,26)27)36-22(30)13-7-3-4-12-18(13)38(2,32)33/h3-12H,1-2H3,(H,28,29). The maximum atomic E-state index is 13.3. The number of halogens is 3. The molecule has 0 aliphatic carbocycles. The van der Waals surface area contributed by atoms with Gasteiger partial charge < -0.3 is 24.1 Å². The average Bonchev–Trinajstić information content (AvgIpc) is 2.83. The third-order valence-corrected chi connectivity index (χ3v) is 5.90. The van der Waals surface area contributed by atoms with E-state index in [1.165, 1.54) is 18.2 Å². The number of hydrogen-bond acceptors (Lipinski definition) is 9. The number of sulfone groups is 1. The number of hydrogen-bond donors (Lipinski definition) is 1. The summed E-state index contributed by atoms with van der Waals surface area (Å²) < 4.78 is 82.8. The maximum absolute atomic E-state index is 13.3. The number of esters is 2. The number of carbonyl (C=O) groups is 3. The van der Waals surface area contributed by atoms with E-state index in [1.54, 1.807) is 0 Å². The number of alkyl halides is 3. The summed E-state index contributed by atoms with van der Waals surface area (Å²) in [7, 11) is -2.83. The van der Waals surface area contributed by atoms with Crippen LogP contribution >= 0.6 is 0 Å². The highest BCUT2D eigenvalue weighted by Crippen LogP contribution is 2.38. The minimum atomic E-state index is -5.36. The van der Waals surface area contributed by atoms with Crippen molar-refractivity contribution in [1.82, 2.24) is 0 Å². The van der Waals surface area contributed by atoms with Crippen LogP contribution in [-0.4, -0.2) is 51.2 Å². The SMILES string of the molecule is COc1c(OC(=O)c2cccc(OC(=O)c3ccccc3S(C)(=O)=O)c2OC(F)(F)F)cccc1C(=O)O. The third kappa shape index (κ3) is 6.39. The van der Waals surface area contributed by atoms with Crippen LogP contribution in [0.4, 0.5) is 13.2 Å². The lowest BCUT2D eigenvalue weighted by molar-refractivity contribution is -0.275. The molecule has 0 unspecified atom stereocenters. The number of para-hydroxylation sites is 2. The van der Waals surface area contributed by atoms with Gasteiger partial charge in [-0.3, -0.25) is 0 Å². The molecule has 1 N–H and O–H groups in total. The number of methoxy groups -OCH3 is 1. The van der Waals surface area contributed by atoms with Crippen LogP contribution < -0.4 is 18.9 Å². The quantitative estimate of drug-likeness (QED) is 0.319. The summed E-state index contributed by atoms with van der Waals surface area (Å²) in [5.41, 5.74) is -1.72. The molecular weight excluding hydrogens is 537 g/mol. The van der Waals surface area contributed by atoms with E-state index >= 15 is 0 Å². The van der Waals surface area contributed by atoms with Crippen LogP contribution in [0.15, 0.2) is 65.6 Å². The van der Waals surface area contributed by atoms with E-state index in [4.69, 9.17) is 14.2 Å². The van der Waals surface area contributed by atoms with Gasteiger partial charge >= 0.3 is 24.3 Å². The normalized spacial score (nSPS) is 11.4. The second-order valence-electron chi connectivity index (χ2n) is 7.37. The van der Waals surface area contributed by atoms with Gasteiger partial charge in [-0.15, -0.1) is 13.2 Å². The minimum Gasteiger partial charge on any atom is -0.492 e. The third-order valence-electron chi connectivity index (χ3n) is 4.74. The van der Waals surface area contributed by atoms with Crippen molar-refractivity contribution >= 4 is 27.7 Å². The van der Waals surface area contributed by atoms with Gasteiger partial charge in [0.15, 0.2) is 32.8 Å². The first-order chi connectivity index (χ1) is 17.7. The summed E-state index contributed by atoms with van der Waals surface area (Å²) in [4.78, 5) is 36.6. The largest absolute Gasteiger partial charge is 0.573 e. The van der Waals surface area contributed by atoms with Crippen molar-refractivity contribution in [3.05, 3.63) is 77.4 Å². The van der Waals surface area contributed by atoms with E-state index in [1.807, 2.05) is 0 Å². The number of benzene rings is 3. The Bertz CT molecular complexity index is 1510. The van der Waals surface area contributed by atoms with Crippen molar-refractivity contribution in [2.24, 2.45) is 0 Å². The molecule has 14 heteroatoms. The Hall–Kier alpha value is -4.59. The Morgan fingerprint density at radius 2 is 1.26 bits per heavy atom. The molecule has 0 fully saturated rings. The van der Waals surface area contributed by atoms with Gasteiger partial charge in [0.25, 0.3) is 0 Å². The second-order valence-corrected chi connectivity index (χ2v) is 9.35. The highest BCUT2D eigenvalue weighted by molar-refractivity contribution is 7.90. The van der Waals surface area contributed by atoms with E-state index in [0.29, 0.717) is 0 Å². The van der Waals surface area contributed by atoms with Gasteiger partial charge in [0, 0.05) is 6.26 Å². The highest BCUT2D eigenvalue weighted by atomic mass is 32.2. The number of carboxylic acids is 1. The summed E-state index contributed by atoms with van der Waals surface area (Å²) in [6, 6.07) is 11.1. The lowest BCUT2D eigenvalue weighted by atomic mass is 10.1. The van der Waals surface area contributed by atoms with Crippen molar-refractivity contribution in [1.29, 1.82) is 0 Å². The molecule has 38 heavy (non-hydrogen) atoms. The van der Waals surface area contributed by atoms with Crippen LogP contribution in [0.2, 0.25) is 0 Å². The number of aromatic carboxylic acids is 1. The van der Waals surface area contributed by atoms with Crippen molar-refractivity contribution in [2.75, 3.05) is 13.4 Å². The topological polar surface area (TPSA) is 142 Å². The summed E-state index contributed by atoms with van der Waals surface area (Å²) in [5.74, 6) is -7.17. The second kappa shape index (κ2) is 10.8. The van der Waals surface area contributed by atoms with Crippen LogP contribution in [0.3, 0.4) is 0 Å². The van der Waals surface area contributed by atoms with E-state index in [-0.39, 0.29) is 5.75 Å². The predicted molar refractivity (Wildman–Crippen MR) is 123 cm³/mol. The first-order valence-electron chi connectivity index (χ1n) is 10.3. The van der Waals surface area contributed by atoms with Gasteiger partial charge in [-0.25, -0.2) is 22.8 Å². The van der Waals surface area contributed by atoms with Gasteiger partial charge in [-0.1, -0.05) is 24.3 Å². The van der Waals surface area contributed by atoms with Crippen LogP contribution in [-0.2, 0) is 9.84 Å². The number of ether oxygens (including phenoxy) is 4. The van der Waals surface area contributed by atoms with Crippen molar-refractivity contribution in [3.63, 3.8) is 0 Å². The van der Waals surface area contributed by atoms with Gasteiger partial charge in [0.2, 0.25) is 0 Å². The van der Waals surface area contributed by atoms with E-state index in [9.17, 15) is 41.1 Å². The Balaban J connectivity index is 2.05. The first-order valence-corrected chi connectivity index (χ1v) is 12.1. The first kappa shape index (κ1) is 28.0. The Labute approximate surface area is 213 Å². The minimum absolute atomic E-state index is 0.383. The average molecular weight is 554 g/mol. The van der Waals surface area contributed by atoms with Crippen molar-refractivity contribution < 1.29 is 60.0 Å². The lowest BCUT2D eigenvalue weighted by Crippen LogP contribution is -2.22. The highest BCUT2D eigenvalue weighted by Gasteiger charge is 2.36. The zero-order valence-electron chi connectivity index (χ0n) is 19.4. The molecule has 0 aliphatic rings. The molecule has 3 aromatic carbocycles.